The normalized spacial score (nSPS) is 12.9. The second kappa shape index (κ2) is 6.57. The number of hydrogen-bond acceptors (Lipinski definition) is 5. The number of nitro benzene ring substituents is 1. The maximum absolute atomic E-state index is 12.4. The lowest BCUT2D eigenvalue weighted by molar-refractivity contribution is -0.384. The Labute approximate surface area is 152 Å². The SMILES string of the molecule is Cc1ccc(Cl)cc1NC(=O)CN1C(=O)c2ccc([N+](=O)[O-])cc2C1=O. The van der Waals surface area contributed by atoms with E-state index in [0.717, 1.165) is 22.6 Å². The fourth-order valence-electron chi connectivity index (χ4n) is 2.60. The molecular formula is C17H12ClN3O5. The van der Waals surface area contributed by atoms with E-state index < -0.39 is 29.2 Å². The summed E-state index contributed by atoms with van der Waals surface area (Å²) in [5.41, 5.74) is 0.879. The molecule has 0 aliphatic carbocycles. The van der Waals surface area contributed by atoms with Crippen LogP contribution in [-0.2, 0) is 4.79 Å². The molecule has 1 aliphatic rings. The zero-order chi connectivity index (χ0) is 19.0. The summed E-state index contributed by atoms with van der Waals surface area (Å²) in [6.45, 7) is 1.26. The molecule has 8 nitrogen and oxygen atoms in total. The van der Waals surface area contributed by atoms with Crippen LogP contribution in [0.15, 0.2) is 36.4 Å². The fourth-order valence-corrected chi connectivity index (χ4v) is 2.77. The highest BCUT2D eigenvalue weighted by Gasteiger charge is 2.37. The molecular weight excluding hydrogens is 362 g/mol. The van der Waals surface area contributed by atoms with Gasteiger partial charge < -0.3 is 5.32 Å². The van der Waals surface area contributed by atoms with Gasteiger partial charge >= 0.3 is 0 Å². The molecule has 0 saturated carbocycles. The highest BCUT2D eigenvalue weighted by atomic mass is 35.5. The van der Waals surface area contributed by atoms with Gasteiger partial charge in [-0.15, -0.1) is 0 Å². The van der Waals surface area contributed by atoms with Gasteiger partial charge in [-0.3, -0.25) is 29.4 Å². The number of nitrogens with zero attached hydrogens (tertiary/aromatic N) is 2. The van der Waals surface area contributed by atoms with Gasteiger partial charge in [-0.1, -0.05) is 17.7 Å². The fraction of sp³-hybridized carbons (Fsp3) is 0.118. The Morgan fingerprint density at radius 3 is 2.54 bits per heavy atom. The van der Waals surface area contributed by atoms with E-state index in [-0.39, 0.29) is 16.8 Å². The Balaban J connectivity index is 1.79. The van der Waals surface area contributed by atoms with Gasteiger partial charge in [0.1, 0.15) is 6.54 Å². The molecule has 26 heavy (non-hydrogen) atoms. The highest BCUT2D eigenvalue weighted by molar-refractivity contribution is 6.31. The minimum Gasteiger partial charge on any atom is -0.324 e. The Bertz CT molecular complexity index is 973. The van der Waals surface area contributed by atoms with Crippen LogP contribution in [0.2, 0.25) is 5.02 Å². The number of nitrogens with one attached hydrogen (secondary N) is 1. The summed E-state index contributed by atoms with van der Waals surface area (Å²) in [6, 6.07) is 8.34. The van der Waals surface area contributed by atoms with Crippen molar-refractivity contribution in [2.45, 2.75) is 6.92 Å². The number of halogens is 1. The first-order valence-corrected chi connectivity index (χ1v) is 7.86. The van der Waals surface area contributed by atoms with Gasteiger partial charge in [0.2, 0.25) is 5.91 Å². The predicted octanol–water partition coefficient (Wildman–Crippen LogP) is 2.79. The third-order valence-electron chi connectivity index (χ3n) is 3.94. The topological polar surface area (TPSA) is 110 Å². The maximum atomic E-state index is 12.4. The monoisotopic (exact) mass is 373 g/mol. The first kappa shape index (κ1) is 17.6. The third-order valence-corrected chi connectivity index (χ3v) is 4.18. The Morgan fingerprint density at radius 1 is 1.15 bits per heavy atom. The van der Waals surface area contributed by atoms with Gasteiger partial charge in [0.15, 0.2) is 0 Å². The van der Waals surface area contributed by atoms with Crippen molar-refractivity contribution in [2.24, 2.45) is 0 Å². The molecule has 0 unspecified atom stereocenters. The van der Waals surface area contributed by atoms with Crippen LogP contribution < -0.4 is 5.32 Å². The molecule has 0 aromatic heterocycles. The second-order valence-corrected chi connectivity index (χ2v) is 6.13. The number of hydrogen-bond donors (Lipinski definition) is 1. The van der Waals surface area contributed by atoms with Crippen molar-refractivity contribution in [3.8, 4) is 0 Å². The molecule has 1 heterocycles. The zero-order valence-corrected chi connectivity index (χ0v) is 14.2. The van der Waals surface area contributed by atoms with E-state index in [0.29, 0.717) is 10.7 Å². The lowest BCUT2D eigenvalue weighted by Crippen LogP contribution is -2.37. The number of aryl methyl sites for hydroxylation is 1. The minimum atomic E-state index is -0.744. The van der Waals surface area contributed by atoms with E-state index in [2.05, 4.69) is 5.32 Å². The van der Waals surface area contributed by atoms with E-state index in [1.165, 1.54) is 6.07 Å². The molecule has 0 radical (unpaired) electrons. The van der Waals surface area contributed by atoms with Crippen LogP contribution >= 0.6 is 11.6 Å². The molecule has 0 saturated heterocycles. The van der Waals surface area contributed by atoms with E-state index in [4.69, 9.17) is 11.6 Å². The second-order valence-electron chi connectivity index (χ2n) is 5.69. The molecule has 9 heteroatoms. The van der Waals surface area contributed by atoms with Crippen LogP contribution in [0.25, 0.3) is 0 Å². The van der Waals surface area contributed by atoms with Crippen molar-refractivity contribution in [1.82, 2.24) is 4.90 Å². The molecule has 0 bridgehead atoms. The summed E-state index contributed by atoms with van der Waals surface area (Å²) < 4.78 is 0. The third kappa shape index (κ3) is 3.14. The molecule has 0 spiro atoms. The summed E-state index contributed by atoms with van der Waals surface area (Å²) >= 11 is 5.89. The number of carbonyl (C=O) groups is 3. The number of anilines is 1. The summed E-state index contributed by atoms with van der Waals surface area (Å²) in [7, 11) is 0. The molecule has 132 valence electrons. The molecule has 2 aromatic carbocycles. The first-order valence-electron chi connectivity index (χ1n) is 7.48. The number of benzene rings is 2. The van der Waals surface area contributed by atoms with Gasteiger partial charge in [-0.2, -0.15) is 0 Å². The van der Waals surface area contributed by atoms with Crippen LogP contribution in [0.3, 0.4) is 0 Å². The number of rotatable bonds is 4. The largest absolute Gasteiger partial charge is 0.324 e. The molecule has 0 fully saturated rings. The van der Waals surface area contributed by atoms with Crippen LogP contribution in [-0.4, -0.2) is 34.1 Å². The summed E-state index contributed by atoms with van der Waals surface area (Å²) in [4.78, 5) is 47.9. The van der Waals surface area contributed by atoms with Crippen LogP contribution in [0, 0.1) is 17.0 Å². The molecule has 1 N–H and O–H groups in total. The van der Waals surface area contributed by atoms with Gasteiger partial charge in [0.05, 0.1) is 16.1 Å². The average Bonchev–Trinajstić information content (AvgIpc) is 2.82. The lowest BCUT2D eigenvalue weighted by atomic mass is 10.1. The molecule has 3 rings (SSSR count). The number of nitro groups is 1. The smallest absolute Gasteiger partial charge is 0.270 e. The van der Waals surface area contributed by atoms with Crippen molar-refractivity contribution >= 4 is 40.7 Å². The van der Waals surface area contributed by atoms with Crippen molar-refractivity contribution in [2.75, 3.05) is 11.9 Å². The first-order chi connectivity index (χ1) is 12.3. The molecule has 3 amide bonds. The van der Waals surface area contributed by atoms with Gasteiger partial charge in [0.25, 0.3) is 17.5 Å². The van der Waals surface area contributed by atoms with Crippen molar-refractivity contribution in [1.29, 1.82) is 0 Å². The Morgan fingerprint density at radius 2 is 1.85 bits per heavy atom. The Kier molecular flexibility index (Phi) is 4.43. The van der Waals surface area contributed by atoms with Crippen LogP contribution in [0.1, 0.15) is 26.3 Å². The molecule has 0 atom stereocenters. The van der Waals surface area contributed by atoms with Gasteiger partial charge in [0, 0.05) is 22.8 Å². The van der Waals surface area contributed by atoms with E-state index >= 15 is 0 Å². The summed E-state index contributed by atoms with van der Waals surface area (Å²) in [6.07, 6.45) is 0. The van der Waals surface area contributed by atoms with E-state index in [9.17, 15) is 24.5 Å². The number of carbonyl (C=O) groups excluding carboxylic acids is 3. The molecule has 2 aromatic rings. The predicted molar refractivity (Wildman–Crippen MR) is 93.3 cm³/mol. The standard InChI is InChI=1S/C17H12ClN3O5/c1-9-2-3-10(18)6-14(9)19-15(22)8-20-16(23)12-5-4-11(21(25)26)7-13(12)17(20)24/h2-7H,8H2,1H3,(H,19,22). The lowest BCUT2D eigenvalue weighted by Gasteiger charge is -2.14. The van der Waals surface area contributed by atoms with Crippen molar-refractivity contribution < 1.29 is 19.3 Å². The number of amides is 3. The van der Waals surface area contributed by atoms with Gasteiger partial charge in [-0.05, 0) is 30.7 Å². The van der Waals surface area contributed by atoms with Crippen LogP contribution in [0.5, 0.6) is 0 Å². The minimum absolute atomic E-state index is 0.0346. The molecule has 1 aliphatic heterocycles. The average molecular weight is 374 g/mol. The number of imide groups is 1. The maximum Gasteiger partial charge on any atom is 0.270 e. The highest BCUT2D eigenvalue weighted by Crippen LogP contribution is 2.27. The van der Waals surface area contributed by atoms with Gasteiger partial charge in [-0.25, -0.2) is 0 Å². The Hall–Kier alpha value is -3.26. The van der Waals surface area contributed by atoms with Crippen LogP contribution in [0.4, 0.5) is 11.4 Å². The summed E-state index contributed by atoms with van der Waals surface area (Å²) in [5.74, 6) is -2.00. The van der Waals surface area contributed by atoms with E-state index in [1.54, 1.807) is 25.1 Å². The van der Waals surface area contributed by atoms with Crippen molar-refractivity contribution in [3.05, 3.63) is 68.2 Å². The zero-order valence-electron chi connectivity index (χ0n) is 13.5. The number of non-ortho nitro benzene ring substituents is 1. The van der Waals surface area contributed by atoms with Crippen molar-refractivity contribution in [3.63, 3.8) is 0 Å². The number of fused-ring (bicyclic) bond motifs is 1. The quantitative estimate of drug-likeness (QED) is 0.503. The van der Waals surface area contributed by atoms with E-state index in [1.807, 2.05) is 0 Å². The summed E-state index contributed by atoms with van der Waals surface area (Å²) in [5, 5.41) is 13.9.